The lowest BCUT2D eigenvalue weighted by atomic mass is 9.98. The van der Waals surface area contributed by atoms with Gasteiger partial charge in [0.2, 0.25) is 5.91 Å². The molecule has 0 bridgehead atoms. The van der Waals surface area contributed by atoms with E-state index in [-0.39, 0.29) is 24.3 Å². The molecule has 0 fully saturated rings. The van der Waals surface area contributed by atoms with Crippen LogP contribution in [-0.2, 0) is 4.79 Å². The van der Waals surface area contributed by atoms with Crippen LogP contribution >= 0.6 is 0 Å². The van der Waals surface area contributed by atoms with Gasteiger partial charge in [0.15, 0.2) is 0 Å². The normalized spacial score (nSPS) is 10.5. The van der Waals surface area contributed by atoms with Crippen molar-refractivity contribution in [2.24, 2.45) is 5.73 Å². The minimum absolute atomic E-state index is 0.176. The number of hydrogen-bond donors (Lipinski definition) is 2. The predicted octanol–water partition coefficient (Wildman–Crippen LogP) is 2.94. The van der Waals surface area contributed by atoms with E-state index in [1.54, 1.807) is 6.92 Å². The molecule has 0 radical (unpaired) electrons. The molecule has 0 saturated carbocycles. The van der Waals surface area contributed by atoms with Crippen molar-refractivity contribution in [1.82, 2.24) is 5.32 Å². The summed E-state index contributed by atoms with van der Waals surface area (Å²) >= 11 is 0. The second kappa shape index (κ2) is 7.68. The summed E-state index contributed by atoms with van der Waals surface area (Å²) in [5.41, 5.74) is 6.67. The van der Waals surface area contributed by atoms with Crippen LogP contribution < -0.4 is 11.1 Å². The zero-order chi connectivity index (χ0) is 17.7. The van der Waals surface area contributed by atoms with E-state index in [1.165, 1.54) is 30.3 Å². The number of amides is 2. The van der Waals surface area contributed by atoms with Gasteiger partial charge in [-0.1, -0.05) is 12.1 Å². The fourth-order valence-corrected chi connectivity index (χ4v) is 2.37. The lowest BCUT2D eigenvalue weighted by Gasteiger charge is -2.10. The van der Waals surface area contributed by atoms with Gasteiger partial charge in [-0.15, -0.1) is 0 Å². The van der Waals surface area contributed by atoms with Crippen LogP contribution in [0.1, 0.15) is 28.8 Å². The van der Waals surface area contributed by atoms with Crippen molar-refractivity contribution in [1.29, 1.82) is 0 Å². The molecule has 0 heterocycles. The Kier molecular flexibility index (Phi) is 5.63. The Morgan fingerprint density at radius 3 is 2.42 bits per heavy atom. The Balaban J connectivity index is 2.11. The maximum Gasteiger partial charge on any atom is 0.251 e. The number of carbonyl (C=O) groups excluding carboxylic acids is 2. The minimum atomic E-state index is -0.561. The molecule has 2 rings (SSSR count). The summed E-state index contributed by atoms with van der Waals surface area (Å²) in [4.78, 5) is 22.6. The molecule has 0 aliphatic rings. The van der Waals surface area contributed by atoms with E-state index in [2.05, 4.69) is 5.32 Å². The van der Waals surface area contributed by atoms with Gasteiger partial charge in [-0.25, -0.2) is 8.78 Å². The first-order chi connectivity index (χ1) is 11.4. The molecular weight excluding hydrogens is 314 g/mol. The molecule has 2 aromatic rings. The first-order valence-electron chi connectivity index (χ1n) is 7.51. The van der Waals surface area contributed by atoms with Crippen molar-refractivity contribution < 1.29 is 18.4 Å². The Hall–Kier alpha value is -2.76. The lowest BCUT2D eigenvalue weighted by Crippen LogP contribution is -2.25. The third kappa shape index (κ3) is 4.38. The fourth-order valence-electron chi connectivity index (χ4n) is 2.37. The van der Waals surface area contributed by atoms with Crippen LogP contribution in [0.15, 0.2) is 36.4 Å². The highest BCUT2D eigenvalue weighted by atomic mass is 19.1. The number of nitrogens with one attached hydrogen (secondary N) is 1. The number of carbonyl (C=O) groups is 2. The molecule has 2 aromatic carbocycles. The van der Waals surface area contributed by atoms with Crippen LogP contribution in [0.2, 0.25) is 0 Å². The second-order valence-corrected chi connectivity index (χ2v) is 5.48. The summed E-state index contributed by atoms with van der Waals surface area (Å²) in [6.45, 7) is 1.97. The monoisotopic (exact) mass is 332 g/mol. The molecule has 0 aliphatic heterocycles. The van der Waals surface area contributed by atoms with E-state index in [1.807, 2.05) is 0 Å². The minimum Gasteiger partial charge on any atom is -0.370 e. The Labute approximate surface area is 138 Å². The van der Waals surface area contributed by atoms with Gasteiger partial charge in [-0.2, -0.15) is 0 Å². The van der Waals surface area contributed by atoms with E-state index >= 15 is 0 Å². The Morgan fingerprint density at radius 2 is 1.79 bits per heavy atom. The standard InChI is InChI=1S/C18H18F2N2O2/c1-11-9-13(19)5-7-14(11)15-6-4-12(10-16(15)20)18(24)22-8-2-3-17(21)23/h4-7,9-10H,2-3,8H2,1H3,(H2,21,23)(H,22,24). The van der Waals surface area contributed by atoms with E-state index in [9.17, 15) is 18.4 Å². The molecule has 0 saturated heterocycles. The summed E-state index contributed by atoms with van der Waals surface area (Å²) < 4.78 is 27.5. The molecule has 4 nitrogen and oxygen atoms in total. The number of hydrogen-bond acceptors (Lipinski definition) is 2. The average Bonchev–Trinajstić information content (AvgIpc) is 2.52. The molecule has 24 heavy (non-hydrogen) atoms. The Bertz CT molecular complexity index is 776. The van der Waals surface area contributed by atoms with Crippen molar-refractivity contribution >= 4 is 11.8 Å². The van der Waals surface area contributed by atoms with Gasteiger partial charge in [0.05, 0.1) is 0 Å². The molecule has 3 N–H and O–H groups in total. The maximum absolute atomic E-state index is 14.3. The summed E-state index contributed by atoms with van der Waals surface area (Å²) in [6.07, 6.45) is 0.605. The fraction of sp³-hybridized carbons (Fsp3) is 0.222. The van der Waals surface area contributed by atoms with E-state index in [0.717, 1.165) is 6.07 Å². The van der Waals surface area contributed by atoms with Gasteiger partial charge in [-0.3, -0.25) is 9.59 Å². The zero-order valence-corrected chi connectivity index (χ0v) is 13.2. The van der Waals surface area contributed by atoms with E-state index in [4.69, 9.17) is 5.73 Å². The molecule has 0 aliphatic carbocycles. The molecule has 126 valence electrons. The van der Waals surface area contributed by atoms with Gasteiger partial charge >= 0.3 is 0 Å². The smallest absolute Gasteiger partial charge is 0.251 e. The van der Waals surface area contributed by atoms with Crippen LogP contribution in [-0.4, -0.2) is 18.4 Å². The van der Waals surface area contributed by atoms with E-state index < -0.39 is 17.6 Å². The first-order valence-corrected chi connectivity index (χ1v) is 7.51. The summed E-state index contributed by atoms with van der Waals surface area (Å²) in [6, 6.07) is 8.24. The summed E-state index contributed by atoms with van der Waals surface area (Å²) in [5, 5.41) is 2.60. The van der Waals surface area contributed by atoms with Gasteiger partial charge in [0.25, 0.3) is 5.91 Å². The highest BCUT2D eigenvalue weighted by Crippen LogP contribution is 2.27. The molecular formula is C18H18F2N2O2. The summed E-state index contributed by atoms with van der Waals surface area (Å²) in [5.74, 6) is -1.81. The van der Waals surface area contributed by atoms with Crippen LogP contribution in [0.3, 0.4) is 0 Å². The number of benzene rings is 2. The molecule has 0 aromatic heterocycles. The first kappa shape index (κ1) is 17.6. The van der Waals surface area contributed by atoms with E-state index in [0.29, 0.717) is 23.1 Å². The number of halogens is 2. The number of primary amides is 1. The summed E-state index contributed by atoms with van der Waals surface area (Å²) in [7, 11) is 0. The molecule has 0 atom stereocenters. The third-order valence-electron chi connectivity index (χ3n) is 3.60. The van der Waals surface area contributed by atoms with Crippen LogP contribution in [0.25, 0.3) is 11.1 Å². The number of aryl methyl sites for hydroxylation is 1. The Morgan fingerprint density at radius 1 is 1.08 bits per heavy atom. The van der Waals surface area contributed by atoms with Crippen LogP contribution in [0, 0.1) is 18.6 Å². The topological polar surface area (TPSA) is 72.2 Å². The largest absolute Gasteiger partial charge is 0.370 e. The van der Waals surface area contributed by atoms with Crippen LogP contribution in [0.4, 0.5) is 8.78 Å². The highest BCUT2D eigenvalue weighted by Gasteiger charge is 2.12. The van der Waals surface area contributed by atoms with Crippen molar-refractivity contribution in [3.8, 4) is 11.1 Å². The number of nitrogens with two attached hydrogens (primary N) is 1. The highest BCUT2D eigenvalue weighted by molar-refractivity contribution is 5.94. The molecule has 6 heteroatoms. The average molecular weight is 332 g/mol. The predicted molar refractivity (Wildman–Crippen MR) is 87.3 cm³/mol. The molecule has 0 unspecified atom stereocenters. The molecule has 0 spiro atoms. The van der Waals surface area contributed by atoms with Gasteiger partial charge in [0, 0.05) is 24.1 Å². The van der Waals surface area contributed by atoms with Crippen molar-refractivity contribution in [3.63, 3.8) is 0 Å². The van der Waals surface area contributed by atoms with Gasteiger partial charge < -0.3 is 11.1 Å². The third-order valence-corrected chi connectivity index (χ3v) is 3.60. The van der Waals surface area contributed by atoms with Crippen molar-refractivity contribution in [2.45, 2.75) is 19.8 Å². The second-order valence-electron chi connectivity index (χ2n) is 5.48. The number of rotatable bonds is 6. The zero-order valence-electron chi connectivity index (χ0n) is 13.2. The maximum atomic E-state index is 14.3. The quantitative estimate of drug-likeness (QED) is 0.798. The van der Waals surface area contributed by atoms with Crippen molar-refractivity contribution in [3.05, 3.63) is 59.2 Å². The van der Waals surface area contributed by atoms with Gasteiger partial charge in [-0.05, 0) is 48.7 Å². The van der Waals surface area contributed by atoms with Crippen molar-refractivity contribution in [2.75, 3.05) is 6.54 Å². The SMILES string of the molecule is Cc1cc(F)ccc1-c1ccc(C(=O)NCCCC(N)=O)cc1F. The van der Waals surface area contributed by atoms with Crippen LogP contribution in [0.5, 0.6) is 0 Å². The van der Waals surface area contributed by atoms with Gasteiger partial charge in [0.1, 0.15) is 11.6 Å². The molecule has 2 amide bonds. The lowest BCUT2D eigenvalue weighted by molar-refractivity contribution is -0.118.